The molecular weight excluding hydrogens is 232 g/mol. The molecule has 0 bridgehead atoms. The summed E-state index contributed by atoms with van der Waals surface area (Å²) in [5.74, 6) is 0. The topological polar surface area (TPSA) is 9.23 Å². The van der Waals surface area contributed by atoms with Crippen LogP contribution >= 0.6 is 0 Å². The number of hydrogen-bond acceptors (Lipinski definition) is 1. The minimum absolute atomic E-state index is 0.0403. The van der Waals surface area contributed by atoms with Gasteiger partial charge >= 0.3 is 0 Å². The molecule has 1 saturated heterocycles. The van der Waals surface area contributed by atoms with E-state index in [2.05, 4.69) is 67.2 Å². The van der Waals surface area contributed by atoms with Gasteiger partial charge in [0, 0.05) is 5.41 Å². The third kappa shape index (κ3) is 2.11. The smallest absolute Gasteiger partial charge is 0.0766 e. The van der Waals surface area contributed by atoms with Crippen LogP contribution in [0.5, 0.6) is 0 Å². The lowest BCUT2D eigenvalue weighted by Crippen LogP contribution is -2.28. The predicted octanol–water partition coefficient (Wildman–Crippen LogP) is 3.95. The van der Waals surface area contributed by atoms with Crippen LogP contribution in [0.3, 0.4) is 0 Å². The predicted molar refractivity (Wildman–Crippen MR) is 78.2 cm³/mol. The molecule has 3 rings (SSSR count). The minimum atomic E-state index is -0.0403. The van der Waals surface area contributed by atoms with E-state index in [0.717, 1.165) is 13.0 Å². The summed E-state index contributed by atoms with van der Waals surface area (Å²) in [5.41, 5.74) is 2.61. The molecule has 1 unspecified atom stereocenters. The van der Waals surface area contributed by atoms with E-state index in [4.69, 9.17) is 4.74 Å². The zero-order valence-electron chi connectivity index (χ0n) is 11.0. The van der Waals surface area contributed by atoms with Gasteiger partial charge in [-0.1, -0.05) is 66.7 Å². The van der Waals surface area contributed by atoms with Crippen LogP contribution in [0.1, 0.15) is 17.5 Å². The lowest BCUT2D eigenvalue weighted by molar-refractivity contribution is 0.138. The number of hydrogen-bond donors (Lipinski definition) is 0. The second-order valence-corrected chi connectivity index (χ2v) is 5.10. The van der Waals surface area contributed by atoms with Crippen LogP contribution in [0.25, 0.3) is 0 Å². The van der Waals surface area contributed by atoms with Crippen molar-refractivity contribution < 1.29 is 4.74 Å². The van der Waals surface area contributed by atoms with Gasteiger partial charge in [0.1, 0.15) is 0 Å². The minimum Gasteiger partial charge on any atom is -0.373 e. The van der Waals surface area contributed by atoms with E-state index in [0.29, 0.717) is 0 Å². The molecule has 1 aliphatic heterocycles. The fourth-order valence-corrected chi connectivity index (χ4v) is 2.95. The van der Waals surface area contributed by atoms with Crippen molar-refractivity contribution in [2.75, 3.05) is 6.61 Å². The second kappa shape index (κ2) is 5.02. The van der Waals surface area contributed by atoms with E-state index < -0.39 is 0 Å². The van der Waals surface area contributed by atoms with Gasteiger partial charge in [-0.25, -0.2) is 0 Å². The average molecular weight is 250 g/mol. The summed E-state index contributed by atoms with van der Waals surface area (Å²) >= 11 is 0. The highest BCUT2D eigenvalue weighted by Gasteiger charge is 2.41. The van der Waals surface area contributed by atoms with Gasteiger partial charge in [-0.15, -0.1) is 6.58 Å². The number of benzene rings is 2. The Morgan fingerprint density at radius 2 is 1.47 bits per heavy atom. The van der Waals surface area contributed by atoms with Crippen LogP contribution in [0.15, 0.2) is 73.3 Å². The normalized spacial score (nSPS) is 21.2. The van der Waals surface area contributed by atoms with Gasteiger partial charge in [0.05, 0.1) is 12.7 Å². The standard InChI is InChI=1S/C18H18O/c1-2-17-13-18(14-19-17,15-9-5-3-6-10-15)16-11-7-4-8-12-16/h2-12,17H,1,13-14H2. The van der Waals surface area contributed by atoms with Crippen LogP contribution in [0.4, 0.5) is 0 Å². The average Bonchev–Trinajstić information content (AvgIpc) is 2.95. The quantitative estimate of drug-likeness (QED) is 0.749. The second-order valence-electron chi connectivity index (χ2n) is 5.10. The molecule has 1 nitrogen and oxygen atoms in total. The fourth-order valence-electron chi connectivity index (χ4n) is 2.95. The van der Waals surface area contributed by atoms with E-state index in [1.54, 1.807) is 0 Å². The Bertz CT molecular complexity index is 505. The van der Waals surface area contributed by atoms with Crippen molar-refractivity contribution in [3.8, 4) is 0 Å². The van der Waals surface area contributed by atoms with Gasteiger partial charge in [-0.05, 0) is 17.5 Å². The Labute approximate surface area is 114 Å². The Morgan fingerprint density at radius 3 is 1.89 bits per heavy atom. The van der Waals surface area contributed by atoms with Crippen LogP contribution in [-0.4, -0.2) is 12.7 Å². The summed E-state index contributed by atoms with van der Waals surface area (Å²) < 4.78 is 5.91. The SMILES string of the molecule is C=CC1CC(c2ccccc2)(c2ccccc2)CO1. The van der Waals surface area contributed by atoms with Gasteiger partial charge in [0.15, 0.2) is 0 Å². The molecule has 96 valence electrons. The fraction of sp³-hybridized carbons (Fsp3) is 0.222. The molecule has 19 heavy (non-hydrogen) atoms. The Hall–Kier alpha value is -1.86. The summed E-state index contributed by atoms with van der Waals surface area (Å²) in [7, 11) is 0. The van der Waals surface area contributed by atoms with Gasteiger partial charge < -0.3 is 4.74 Å². The maximum atomic E-state index is 5.91. The van der Waals surface area contributed by atoms with Crippen LogP contribution in [0, 0.1) is 0 Å². The first-order chi connectivity index (χ1) is 9.35. The summed E-state index contributed by atoms with van der Waals surface area (Å²) in [5, 5.41) is 0. The monoisotopic (exact) mass is 250 g/mol. The summed E-state index contributed by atoms with van der Waals surface area (Å²) in [6, 6.07) is 21.3. The van der Waals surface area contributed by atoms with Crippen LogP contribution in [-0.2, 0) is 10.2 Å². The zero-order chi connectivity index (χ0) is 13.1. The molecule has 1 heteroatoms. The van der Waals surface area contributed by atoms with E-state index in [1.165, 1.54) is 11.1 Å². The lowest BCUT2D eigenvalue weighted by Gasteiger charge is -2.29. The van der Waals surface area contributed by atoms with Crippen molar-refractivity contribution in [3.05, 3.63) is 84.4 Å². The first-order valence-electron chi connectivity index (χ1n) is 6.70. The molecule has 0 radical (unpaired) electrons. The summed E-state index contributed by atoms with van der Waals surface area (Å²) in [6.07, 6.45) is 3.01. The van der Waals surface area contributed by atoms with Gasteiger partial charge in [-0.2, -0.15) is 0 Å². The maximum Gasteiger partial charge on any atom is 0.0766 e. The number of ether oxygens (including phenoxy) is 1. The van der Waals surface area contributed by atoms with E-state index in [1.807, 2.05) is 6.08 Å². The van der Waals surface area contributed by atoms with Crippen molar-refractivity contribution in [3.63, 3.8) is 0 Å². The molecule has 1 aliphatic rings. The molecular formula is C18H18O. The highest BCUT2D eigenvalue weighted by atomic mass is 16.5. The Balaban J connectivity index is 2.10. The van der Waals surface area contributed by atoms with Gasteiger partial charge in [0.25, 0.3) is 0 Å². The molecule has 1 heterocycles. The molecule has 0 amide bonds. The molecule has 0 aliphatic carbocycles. The molecule has 0 N–H and O–H groups in total. The van der Waals surface area contributed by atoms with E-state index in [9.17, 15) is 0 Å². The van der Waals surface area contributed by atoms with Crippen molar-refractivity contribution in [1.82, 2.24) is 0 Å². The largest absolute Gasteiger partial charge is 0.373 e. The maximum absolute atomic E-state index is 5.91. The van der Waals surface area contributed by atoms with Crippen LogP contribution in [0.2, 0.25) is 0 Å². The van der Waals surface area contributed by atoms with Crippen molar-refractivity contribution >= 4 is 0 Å². The molecule has 2 aromatic carbocycles. The summed E-state index contributed by atoms with van der Waals surface area (Å²) in [4.78, 5) is 0. The molecule has 0 spiro atoms. The highest BCUT2D eigenvalue weighted by Crippen LogP contribution is 2.42. The Kier molecular flexibility index (Phi) is 3.22. The van der Waals surface area contributed by atoms with E-state index in [-0.39, 0.29) is 11.5 Å². The zero-order valence-corrected chi connectivity index (χ0v) is 11.0. The molecule has 1 atom stereocenters. The molecule has 1 fully saturated rings. The van der Waals surface area contributed by atoms with Crippen molar-refractivity contribution in [2.24, 2.45) is 0 Å². The van der Waals surface area contributed by atoms with Crippen molar-refractivity contribution in [2.45, 2.75) is 17.9 Å². The van der Waals surface area contributed by atoms with E-state index >= 15 is 0 Å². The molecule has 0 aromatic heterocycles. The third-order valence-electron chi connectivity index (χ3n) is 4.01. The Morgan fingerprint density at radius 1 is 0.947 bits per heavy atom. The first kappa shape index (κ1) is 12.2. The van der Waals surface area contributed by atoms with Crippen molar-refractivity contribution in [1.29, 1.82) is 0 Å². The van der Waals surface area contributed by atoms with Crippen LogP contribution < -0.4 is 0 Å². The third-order valence-corrected chi connectivity index (χ3v) is 4.01. The van der Waals surface area contributed by atoms with Gasteiger partial charge in [-0.3, -0.25) is 0 Å². The lowest BCUT2D eigenvalue weighted by atomic mass is 9.73. The highest BCUT2D eigenvalue weighted by molar-refractivity contribution is 5.41. The molecule has 2 aromatic rings. The molecule has 0 saturated carbocycles. The first-order valence-corrected chi connectivity index (χ1v) is 6.70. The van der Waals surface area contributed by atoms with Gasteiger partial charge in [0.2, 0.25) is 0 Å². The summed E-state index contributed by atoms with van der Waals surface area (Å²) in [6.45, 7) is 4.59. The number of rotatable bonds is 3.